The molecule has 1 aromatic carbocycles. The highest BCUT2D eigenvalue weighted by Crippen LogP contribution is 2.23. The van der Waals surface area contributed by atoms with Crippen molar-refractivity contribution in [2.45, 2.75) is 33.1 Å². The highest BCUT2D eigenvalue weighted by atomic mass is 35.5. The monoisotopic (exact) mass is 341 g/mol. The van der Waals surface area contributed by atoms with Gasteiger partial charge in [0.1, 0.15) is 0 Å². The topological polar surface area (TPSA) is 55.8 Å². The van der Waals surface area contributed by atoms with Gasteiger partial charge < -0.3 is 9.47 Å². The molecule has 0 spiro atoms. The number of carbonyl (C=O) groups excluding carboxylic acids is 2. The molecule has 0 heterocycles. The van der Waals surface area contributed by atoms with E-state index in [1.54, 1.807) is 31.2 Å². The molecule has 23 heavy (non-hydrogen) atoms. The average molecular weight is 342 g/mol. The fraction of sp³-hybridized carbons (Fsp3) is 0.529. The first kappa shape index (κ1) is 19.3. The molecule has 1 aromatic rings. The van der Waals surface area contributed by atoms with Crippen molar-refractivity contribution in [1.29, 1.82) is 0 Å². The molecule has 0 aliphatic heterocycles. The lowest BCUT2D eigenvalue weighted by molar-refractivity contribution is 0.0527. The third kappa shape index (κ3) is 6.10. The third-order valence-corrected chi connectivity index (χ3v) is 3.42. The largest absolute Gasteiger partial charge is 0.462 e. The van der Waals surface area contributed by atoms with Gasteiger partial charge in [-0.05, 0) is 31.9 Å². The second-order valence-corrected chi connectivity index (χ2v) is 5.28. The molecule has 0 bridgehead atoms. The summed E-state index contributed by atoms with van der Waals surface area (Å²) in [4.78, 5) is 25.9. The van der Waals surface area contributed by atoms with E-state index in [0.717, 1.165) is 12.8 Å². The van der Waals surface area contributed by atoms with Crippen LogP contribution < -0.4 is 4.90 Å². The van der Waals surface area contributed by atoms with Gasteiger partial charge in [0.25, 0.3) is 0 Å². The number of unbranched alkanes of at least 4 members (excludes halogenated alkanes) is 1. The fourth-order valence-corrected chi connectivity index (χ4v) is 2.12. The summed E-state index contributed by atoms with van der Waals surface area (Å²) in [5.41, 5.74) is 0.828. The van der Waals surface area contributed by atoms with Crippen LogP contribution in [0.3, 0.4) is 0 Å². The second-order valence-electron chi connectivity index (χ2n) is 4.90. The number of benzene rings is 1. The summed E-state index contributed by atoms with van der Waals surface area (Å²) in [5.74, 6) is -0.0410. The Hall–Kier alpha value is -1.75. The zero-order valence-electron chi connectivity index (χ0n) is 13.7. The van der Waals surface area contributed by atoms with Gasteiger partial charge in [-0.25, -0.2) is 9.59 Å². The highest BCUT2D eigenvalue weighted by molar-refractivity contribution is 6.17. The van der Waals surface area contributed by atoms with Crippen LogP contribution >= 0.6 is 11.6 Å². The van der Waals surface area contributed by atoms with Crippen LogP contribution in [-0.2, 0) is 9.47 Å². The number of ether oxygens (including phenoxy) is 2. The molecule has 1 amide bonds. The first-order valence-electron chi connectivity index (χ1n) is 7.92. The molecule has 0 unspecified atom stereocenters. The van der Waals surface area contributed by atoms with Crippen LogP contribution in [0.1, 0.15) is 43.5 Å². The number of esters is 1. The summed E-state index contributed by atoms with van der Waals surface area (Å²) in [7, 11) is 0. The molecule has 0 saturated carbocycles. The van der Waals surface area contributed by atoms with Gasteiger partial charge >= 0.3 is 12.1 Å². The van der Waals surface area contributed by atoms with E-state index < -0.39 is 12.1 Å². The minimum absolute atomic E-state index is 0.274. The molecule has 0 saturated heterocycles. The summed E-state index contributed by atoms with van der Waals surface area (Å²) in [6.45, 7) is 4.77. The molecule has 0 fully saturated rings. The lowest BCUT2D eigenvalue weighted by Crippen LogP contribution is -2.34. The Labute approximate surface area is 142 Å². The number of halogens is 1. The van der Waals surface area contributed by atoms with Crippen molar-refractivity contribution < 1.29 is 19.1 Å². The maximum atomic E-state index is 12.4. The summed E-state index contributed by atoms with van der Waals surface area (Å²) in [6.07, 6.45) is 1.87. The lowest BCUT2D eigenvalue weighted by atomic mass is 10.1. The lowest BCUT2D eigenvalue weighted by Gasteiger charge is -2.23. The number of carbonyl (C=O) groups is 2. The SMILES string of the molecule is CCCCOC(=O)N(CCCCl)c1ccccc1C(=O)OCC. The van der Waals surface area contributed by atoms with Crippen molar-refractivity contribution >= 4 is 29.4 Å². The molecule has 128 valence electrons. The van der Waals surface area contributed by atoms with Crippen molar-refractivity contribution in [3.8, 4) is 0 Å². The summed E-state index contributed by atoms with van der Waals surface area (Å²) >= 11 is 5.75. The molecule has 1 rings (SSSR count). The average Bonchev–Trinajstić information content (AvgIpc) is 2.56. The van der Waals surface area contributed by atoms with Crippen molar-refractivity contribution in [2.75, 3.05) is 30.5 Å². The van der Waals surface area contributed by atoms with E-state index in [2.05, 4.69) is 0 Å². The van der Waals surface area contributed by atoms with Gasteiger partial charge in [0.2, 0.25) is 0 Å². The number of hydrogen-bond acceptors (Lipinski definition) is 4. The molecule has 6 heteroatoms. The van der Waals surface area contributed by atoms with Crippen LogP contribution in [0, 0.1) is 0 Å². The Kier molecular flexibility index (Phi) is 9.14. The molecule has 0 aliphatic carbocycles. The zero-order valence-corrected chi connectivity index (χ0v) is 14.5. The molecule has 0 aliphatic rings. The molecule has 0 aromatic heterocycles. The van der Waals surface area contributed by atoms with Crippen molar-refractivity contribution in [2.24, 2.45) is 0 Å². The van der Waals surface area contributed by atoms with E-state index in [9.17, 15) is 9.59 Å². The smallest absolute Gasteiger partial charge is 0.414 e. The molecule has 5 nitrogen and oxygen atoms in total. The summed E-state index contributed by atoms with van der Waals surface area (Å²) in [5, 5.41) is 0. The molecule has 0 radical (unpaired) electrons. The van der Waals surface area contributed by atoms with Crippen molar-refractivity contribution in [1.82, 2.24) is 0 Å². The van der Waals surface area contributed by atoms with Crippen LogP contribution in [0.2, 0.25) is 0 Å². The van der Waals surface area contributed by atoms with E-state index in [1.165, 1.54) is 4.90 Å². The highest BCUT2D eigenvalue weighted by Gasteiger charge is 2.23. The van der Waals surface area contributed by atoms with Gasteiger partial charge in [0.15, 0.2) is 0 Å². The summed E-state index contributed by atoms with van der Waals surface area (Å²) in [6, 6.07) is 6.85. The number of alkyl halides is 1. The van der Waals surface area contributed by atoms with Crippen LogP contribution in [0.15, 0.2) is 24.3 Å². The zero-order chi connectivity index (χ0) is 17.1. The Balaban J connectivity index is 3.01. The third-order valence-electron chi connectivity index (χ3n) is 3.15. The van der Waals surface area contributed by atoms with Crippen LogP contribution in [0.4, 0.5) is 10.5 Å². The Morgan fingerprint density at radius 1 is 1.13 bits per heavy atom. The second kappa shape index (κ2) is 10.9. The predicted molar refractivity (Wildman–Crippen MR) is 91.3 cm³/mol. The van der Waals surface area contributed by atoms with Gasteiger partial charge in [0.05, 0.1) is 24.5 Å². The molecular weight excluding hydrogens is 318 g/mol. The minimum Gasteiger partial charge on any atom is -0.462 e. The van der Waals surface area contributed by atoms with Gasteiger partial charge in [-0.15, -0.1) is 11.6 Å². The van der Waals surface area contributed by atoms with Gasteiger partial charge in [-0.1, -0.05) is 25.5 Å². The molecule has 0 N–H and O–H groups in total. The maximum Gasteiger partial charge on any atom is 0.414 e. The van der Waals surface area contributed by atoms with Gasteiger partial charge in [-0.2, -0.15) is 0 Å². The Morgan fingerprint density at radius 3 is 2.52 bits per heavy atom. The normalized spacial score (nSPS) is 10.2. The number of nitrogens with zero attached hydrogens (tertiary/aromatic N) is 1. The van der Waals surface area contributed by atoms with E-state index in [4.69, 9.17) is 21.1 Å². The van der Waals surface area contributed by atoms with E-state index >= 15 is 0 Å². The standard InChI is InChI=1S/C17H24ClNO4/c1-3-5-13-23-17(21)19(12-8-11-18)15-10-7-6-9-14(15)16(20)22-4-2/h6-7,9-10H,3-5,8,11-13H2,1-2H3. The minimum atomic E-state index is -0.472. The number of anilines is 1. The first-order valence-corrected chi connectivity index (χ1v) is 8.45. The van der Waals surface area contributed by atoms with E-state index in [0.29, 0.717) is 36.7 Å². The van der Waals surface area contributed by atoms with E-state index in [1.807, 2.05) is 6.92 Å². The molecular formula is C17H24ClNO4. The predicted octanol–water partition coefficient (Wildman–Crippen LogP) is 4.24. The molecule has 0 atom stereocenters. The number of para-hydroxylation sites is 1. The summed E-state index contributed by atoms with van der Waals surface area (Å²) < 4.78 is 10.3. The first-order chi connectivity index (χ1) is 11.2. The Bertz CT molecular complexity index is 507. The Morgan fingerprint density at radius 2 is 1.87 bits per heavy atom. The fourth-order valence-electron chi connectivity index (χ4n) is 2.00. The number of hydrogen-bond donors (Lipinski definition) is 0. The maximum absolute atomic E-state index is 12.4. The number of rotatable bonds is 9. The van der Waals surface area contributed by atoms with Crippen molar-refractivity contribution in [3.05, 3.63) is 29.8 Å². The van der Waals surface area contributed by atoms with Crippen LogP contribution in [0.25, 0.3) is 0 Å². The van der Waals surface area contributed by atoms with Gasteiger partial charge in [0, 0.05) is 12.4 Å². The van der Waals surface area contributed by atoms with Gasteiger partial charge in [-0.3, -0.25) is 4.90 Å². The van der Waals surface area contributed by atoms with Crippen LogP contribution in [-0.4, -0.2) is 37.7 Å². The quantitative estimate of drug-likeness (QED) is 0.383. The van der Waals surface area contributed by atoms with E-state index in [-0.39, 0.29) is 6.61 Å². The van der Waals surface area contributed by atoms with Crippen molar-refractivity contribution in [3.63, 3.8) is 0 Å². The number of amides is 1. The van der Waals surface area contributed by atoms with Crippen LogP contribution in [0.5, 0.6) is 0 Å².